The number of carbonyl (C=O) groups is 2. The van der Waals surface area contributed by atoms with Gasteiger partial charge in [-0.05, 0) is 49.1 Å². The van der Waals surface area contributed by atoms with E-state index in [2.05, 4.69) is 0 Å². The topological polar surface area (TPSA) is 63.0 Å². The average molecular weight is 354 g/mol. The number of aryl methyl sites for hydroxylation is 1. The van der Waals surface area contributed by atoms with Crippen molar-refractivity contribution in [2.75, 3.05) is 32.8 Å². The highest BCUT2D eigenvalue weighted by Gasteiger charge is 2.24. The van der Waals surface area contributed by atoms with E-state index >= 15 is 0 Å². The first-order chi connectivity index (χ1) is 12.7. The molecule has 2 aliphatic heterocycles. The Morgan fingerprint density at radius 2 is 1.65 bits per heavy atom. The van der Waals surface area contributed by atoms with Gasteiger partial charge in [0.15, 0.2) is 0 Å². The first-order valence-electron chi connectivity index (χ1n) is 9.09. The first kappa shape index (κ1) is 16.7. The van der Waals surface area contributed by atoms with Gasteiger partial charge in [0, 0.05) is 31.7 Å². The molecule has 2 amide bonds. The third-order valence-electron chi connectivity index (χ3n) is 4.99. The monoisotopic (exact) mass is 354 g/mol. The summed E-state index contributed by atoms with van der Waals surface area (Å²) in [5, 5.41) is 0. The van der Waals surface area contributed by atoms with Crippen LogP contribution in [0.4, 0.5) is 0 Å². The summed E-state index contributed by atoms with van der Waals surface area (Å²) in [6.07, 6.45) is 5.66. The van der Waals surface area contributed by atoms with Crippen LogP contribution in [0.3, 0.4) is 0 Å². The number of benzene rings is 1. The molecule has 0 radical (unpaired) electrons. The Morgan fingerprint density at radius 1 is 0.885 bits per heavy atom. The van der Waals surface area contributed by atoms with E-state index in [1.807, 2.05) is 23.1 Å². The van der Waals surface area contributed by atoms with Crippen LogP contribution in [0.15, 0.2) is 41.2 Å². The summed E-state index contributed by atoms with van der Waals surface area (Å²) in [5.74, 6) is 0.871. The molecule has 0 spiro atoms. The molecule has 4 rings (SSSR count). The number of rotatable bonds is 2. The van der Waals surface area contributed by atoms with E-state index in [0.717, 1.165) is 37.2 Å². The van der Waals surface area contributed by atoms with Gasteiger partial charge in [0.1, 0.15) is 12.0 Å². The van der Waals surface area contributed by atoms with Gasteiger partial charge in [0.25, 0.3) is 11.8 Å². The summed E-state index contributed by atoms with van der Waals surface area (Å²) < 4.78 is 10.6. The Balaban J connectivity index is 1.44. The number of hydrogen-bond acceptors (Lipinski definition) is 4. The summed E-state index contributed by atoms with van der Waals surface area (Å²) in [7, 11) is 0. The molecule has 2 aliphatic rings. The van der Waals surface area contributed by atoms with Crippen molar-refractivity contribution in [3.8, 4) is 5.75 Å². The summed E-state index contributed by atoms with van der Waals surface area (Å²) in [5.41, 5.74) is 2.36. The number of hydrogen-bond donors (Lipinski definition) is 0. The van der Waals surface area contributed by atoms with Crippen LogP contribution >= 0.6 is 0 Å². The highest BCUT2D eigenvalue weighted by atomic mass is 16.5. The lowest BCUT2D eigenvalue weighted by atomic mass is 10.0. The number of ether oxygens (including phenoxy) is 1. The quantitative estimate of drug-likeness (QED) is 0.832. The molecule has 1 aromatic heterocycles. The minimum atomic E-state index is -0.0426. The first-order valence-corrected chi connectivity index (χ1v) is 9.09. The predicted octanol–water partition coefficient (Wildman–Crippen LogP) is 2.59. The summed E-state index contributed by atoms with van der Waals surface area (Å²) >= 11 is 0. The fourth-order valence-corrected chi connectivity index (χ4v) is 3.57. The van der Waals surface area contributed by atoms with Gasteiger partial charge in [-0.3, -0.25) is 9.59 Å². The smallest absolute Gasteiger partial charge is 0.257 e. The molecule has 0 N–H and O–H groups in total. The largest absolute Gasteiger partial charge is 0.493 e. The van der Waals surface area contributed by atoms with E-state index < -0.39 is 0 Å². The van der Waals surface area contributed by atoms with E-state index in [1.165, 1.54) is 12.5 Å². The zero-order chi connectivity index (χ0) is 17.9. The molecular formula is C20H22N2O4. The molecule has 0 atom stereocenters. The van der Waals surface area contributed by atoms with Crippen molar-refractivity contribution in [3.63, 3.8) is 0 Å². The second-order valence-corrected chi connectivity index (χ2v) is 6.72. The molecule has 1 fully saturated rings. The molecule has 1 saturated heterocycles. The van der Waals surface area contributed by atoms with Crippen molar-refractivity contribution in [3.05, 3.63) is 53.5 Å². The second kappa shape index (κ2) is 7.23. The molecule has 0 saturated carbocycles. The van der Waals surface area contributed by atoms with Crippen molar-refractivity contribution >= 4 is 11.8 Å². The maximum Gasteiger partial charge on any atom is 0.257 e. The minimum absolute atomic E-state index is 0.0241. The van der Waals surface area contributed by atoms with Crippen molar-refractivity contribution < 1.29 is 18.7 Å². The van der Waals surface area contributed by atoms with Crippen molar-refractivity contribution in [2.45, 2.75) is 19.3 Å². The van der Waals surface area contributed by atoms with Gasteiger partial charge in [-0.2, -0.15) is 0 Å². The van der Waals surface area contributed by atoms with Crippen LogP contribution in [-0.2, 0) is 6.42 Å². The van der Waals surface area contributed by atoms with Crippen LogP contribution in [0.25, 0.3) is 0 Å². The Bertz CT molecular complexity index is 800. The number of fused-ring (bicyclic) bond motifs is 1. The molecule has 6 nitrogen and oxygen atoms in total. The van der Waals surface area contributed by atoms with Crippen LogP contribution in [0, 0.1) is 0 Å². The molecule has 136 valence electrons. The Labute approximate surface area is 152 Å². The van der Waals surface area contributed by atoms with Gasteiger partial charge in [0.2, 0.25) is 0 Å². The fourth-order valence-electron chi connectivity index (χ4n) is 3.57. The predicted molar refractivity (Wildman–Crippen MR) is 95.4 cm³/mol. The van der Waals surface area contributed by atoms with Crippen molar-refractivity contribution in [1.29, 1.82) is 0 Å². The van der Waals surface area contributed by atoms with Crippen LogP contribution < -0.4 is 4.74 Å². The van der Waals surface area contributed by atoms with Gasteiger partial charge in [-0.1, -0.05) is 0 Å². The molecule has 6 heteroatoms. The molecule has 3 heterocycles. The average Bonchev–Trinajstić information content (AvgIpc) is 3.11. The van der Waals surface area contributed by atoms with E-state index in [9.17, 15) is 9.59 Å². The third-order valence-corrected chi connectivity index (χ3v) is 4.99. The second-order valence-electron chi connectivity index (χ2n) is 6.72. The summed E-state index contributed by atoms with van der Waals surface area (Å²) in [4.78, 5) is 29.0. The van der Waals surface area contributed by atoms with Crippen molar-refractivity contribution in [1.82, 2.24) is 9.80 Å². The zero-order valence-corrected chi connectivity index (χ0v) is 14.6. The lowest BCUT2D eigenvalue weighted by molar-refractivity contribution is 0.0718. The molecule has 1 aromatic carbocycles. The summed E-state index contributed by atoms with van der Waals surface area (Å²) in [6.45, 7) is 3.11. The SMILES string of the molecule is O=C(c1ccoc1)N1CCCN(C(=O)c2ccc3c(c2)CCCO3)CC1. The van der Waals surface area contributed by atoms with Crippen LogP contribution in [-0.4, -0.2) is 54.4 Å². The van der Waals surface area contributed by atoms with Gasteiger partial charge < -0.3 is 19.0 Å². The normalized spacial score (nSPS) is 17.2. The maximum absolute atomic E-state index is 12.9. The number of carbonyl (C=O) groups excluding carboxylic acids is 2. The van der Waals surface area contributed by atoms with Crippen LogP contribution in [0.1, 0.15) is 39.1 Å². The van der Waals surface area contributed by atoms with E-state index in [4.69, 9.17) is 9.15 Å². The highest BCUT2D eigenvalue weighted by Crippen LogP contribution is 2.26. The molecule has 0 bridgehead atoms. The zero-order valence-electron chi connectivity index (χ0n) is 14.6. The molecule has 0 unspecified atom stereocenters. The highest BCUT2D eigenvalue weighted by molar-refractivity contribution is 5.95. The number of nitrogens with zero attached hydrogens (tertiary/aromatic N) is 2. The van der Waals surface area contributed by atoms with Gasteiger partial charge in [0.05, 0.1) is 18.4 Å². The fraction of sp³-hybridized carbons (Fsp3) is 0.400. The van der Waals surface area contributed by atoms with E-state index in [-0.39, 0.29) is 11.8 Å². The Kier molecular flexibility index (Phi) is 4.65. The Morgan fingerprint density at radius 3 is 2.38 bits per heavy atom. The molecule has 2 aromatic rings. The molecular weight excluding hydrogens is 332 g/mol. The van der Waals surface area contributed by atoms with E-state index in [1.54, 1.807) is 11.0 Å². The van der Waals surface area contributed by atoms with Gasteiger partial charge in [-0.25, -0.2) is 0 Å². The van der Waals surface area contributed by atoms with E-state index in [0.29, 0.717) is 37.3 Å². The molecule has 26 heavy (non-hydrogen) atoms. The van der Waals surface area contributed by atoms with Gasteiger partial charge in [-0.15, -0.1) is 0 Å². The molecule has 0 aliphatic carbocycles. The van der Waals surface area contributed by atoms with Crippen LogP contribution in [0.5, 0.6) is 5.75 Å². The van der Waals surface area contributed by atoms with Gasteiger partial charge >= 0.3 is 0 Å². The number of furan rings is 1. The lowest BCUT2D eigenvalue weighted by Crippen LogP contribution is -2.37. The maximum atomic E-state index is 12.9. The standard InChI is InChI=1S/C20H22N2O4/c23-19(16-4-5-18-15(13-16)3-1-11-26-18)21-7-2-8-22(10-9-21)20(24)17-6-12-25-14-17/h4-6,12-14H,1-3,7-11H2. The Hall–Kier alpha value is -2.76. The lowest BCUT2D eigenvalue weighted by Gasteiger charge is -2.23. The van der Waals surface area contributed by atoms with Crippen LogP contribution in [0.2, 0.25) is 0 Å². The van der Waals surface area contributed by atoms with Crippen molar-refractivity contribution in [2.24, 2.45) is 0 Å². The summed E-state index contributed by atoms with van der Waals surface area (Å²) in [6, 6.07) is 7.36. The third kappa shape index (κ3) is 3.31. The number of amides is 2. The minimum Gasteiger partial charge on any atom is -0.493 e.